The van der Waals surface area contributed by atoms with Gasteiger partial charge >= 0.3 is 0 Å². The normalized spacial score (nSPS) is 15.8. The zero-order chi connectivity index (χ0) is 13.4. The molecule has 0 saturated heterocycles. The summed E-state index contributed by atoms with van der Waals surface area (Å²) in [4.78, 5) is 0. The molecule has 0 aliphatic heterocycles. The zero-order valence-electron chi connectivity index (χ0n) is 13.1. The first kappa shape index (κ1) is 19.1. The van der Waals surface area contributed by atoms with Crippen molar-refractivity contribution in [1.82, 2.24) is 0 Å². The molecule has 1 fully saturated rings. The van der Waals surface area contributed by atoms with Crippen LogP contribution in [0.5, 0.6) is 0 Å². The van der Waals surface area contributed by atoms with E-state index in [0.717, 1.165) is 12.3 Å². The van der Waals surface area contributed by atoms with Gasteiger partial charge in [0.25, 0.3) is 0 Å². The summed E-state index contributed by atoms with van der Waals surface area (Å²) in [7, 11) is 0. The van der Waals surface area contributed by atoms with Crippen molar-refractivity contribution in [1.29, 1.82) is 0 Å². The Hall–Kier alpha value is -0.260. The van der Waals surface area contributed by atoms with E-state index in [2.05, 4.69) is 39.8 Å². The quantitative estimate of drug-likeness (QED) is 0.478. The maximum atomic E-state index is 2.30. The summed E-state index contributed by atoms with van der Waals surface area (Å²) < 4.78 is 0. The molecule has 0 heteroatoms. The van der Waals surface area contributed by atoms with Crippen LogP contribution in [0.4, 0.5) is 0 Å². The Labute approximate surface area is 111 Å². The number of allylic oxidation sites excluding steroid dienone is 2. The third-order valence-electron chi connectivity index (χ3n) is 2.89. The van der Waals surface area contributed by atoms with Gasteiger partial charge < -0.3 is 0 Å². The van der Waals surface area contributed by atoms with Crippen molar-refractivity contribution in [2.24, 2.45) is 5.92 Å². The Morgan fingerprint density at radius 1 is 0.941 bits per heavy atom. The van der Waals surface area contributed by atoms with Crippen LogP contribution < -0.4 is 0 Å². The first-order valence-corrected chi connectivity index (χ1v) is 7.87. The van der Waals surface area contributed by atoms with E-state index in [1.165, 1.54) is 51.4 Å². The predicted octanol–water partition coefficient (Wildman–Crippen LogP) is 6.76. The topological polar surface area (TPSA) is 0 Å². The van der Waals surface area contributed by atoms with Crippen molar-refractivity contribution >= 4 is 0 Å². The van der Waals surface area contributed by atoms with E-state index in [9.17, 15) is 0 Å². The van der Waals surface area contributed by atoms with Crippen LogP contribution in [0.15, 0.2) is 12.2 Å². The summed E-state index contributed by atoms with van der Waals surface area (Å²) >= 11 is 0. The minimum Gasteiger partial charge on any atom is -0.0917 e. The lowest BCUT2D eigenvalue weighted by atomic mass is 9.86. The van der Waals surface area contributed by atoms with Gasteiger partial charge in [-0.1, -0.05) is 91.2 Å². The van der Waals surface area contributed by atoms with E-state index in [0.29, 0.717) is 0 Å². The first-order chi connectivity index (χ1) is 8.26. The lowest BCUT2D eigenvalue weighted by Gasteiger charge is -2.20. The van der Waals surface area contributed by atoms with Gasteiger partial charge in [-0.3, -0.25) is 0 Å². The molecule has 0 N–H and O–H groups in total. The van der Waals surface area contributed by atoms with Crippen molar-refractivity contribution < 1.29 is 0 Å². The van der Waals surface area contributed by atoms with Crippen LogP contribution in [0.25, 0.3) is 0 Å². The van der Waals surface area contributed by atoms with Gasteiger partial charge in [0, 0.05) is 0 Å². The number of hydrogen-bond acceptors (Lipinski definition) is 0. The fourth-order valence-electron chi connectivity index (χ4n) is 2.12. The van der Waals surface area contributed by atoms with Crippen LogP contribution in [0, 0.1) is 5.92 Å². The Balaban J connectivity index is 0. The minimum atomic E-state index is 1.10. The van der Waals surface area contributed by atoms with Crippen LogP contribution in [0.2, 0.25) is 0 Å². The van der Waals surface area contributed by atoms with Crippen LogP contribution in [0.3, 0.4) is 0 Å². The average Bonchev–Trinajstić information content (AvgIpc) is 2.34. The highest BCUT2D eigenvalue weighted by Gasteiger charge is 2.10. The summed E-state index contributed by atoms with van der Waals surface area (Å²) in [6.07, 6.45) is 17.0. The van der Waals surface area contributed by atoms with Gasteiger partial charge in [0.1, 0.15) is 0 Å². The summed E-state index contributed by atoms with van der Waals surface area (Å²) in [5.74, 6) is 1.10. The maximum Gasteiger partial charge on any atom is -0.0379 e. The van der Waals surface area contributed by atoms with E-state index in [1.54, 1.807) is 0 Å². The Kier molecular flexibility index (Phi) is 20.3. The number of rotatable bonds is 3. The Morgan fingerprint density at radius 2 is 1.47 bits per heavy atom. The predicted molar refractivity (Wildman–Crippen MR) is 82.6 cm³/mol. The van der Waals surface area contributed by atoms with Gasteiger partial charge in [0.15, 0.2) is 0 Å². The molecule has 104 valence electrons. The van der Waals surface area contributed by atoms with Gasteiger partial charge in [-0.2, -0.15) is 0 Å². The van der Waals surface area contributed by atoms with Gasteiger partial charge in [-0.05, 0) is 19.3 Å². The van der Waals surface area contributed by atoms with Crippen LogP contribution >= 0.6 is 0 Å². The van der Waals surface area contributed by atoms with Crippen molar-refractivity contribution in [3.8, 4) is 0 Å². The molecule has 0 spiro atoms. The van der Waals surface area contributed by atoms with Crippen molar-refractivity contribution in [3.05, 3.63) is 12.2 Å². The molecule has 0 aromatic rings. The largest absolute Gasteiger partial charge is 0.0917 e. The van der Waals surface area contributed by atoms with Crippen molar-refractivity contribution in [2.45, 2.75) is 92.4 Å². The summed E-state index contributed by atoms with van der Waals surface area (Å²) in [6.45, 7) is 10.7. The molecule has 0 amide bonds. The minimum absolute atomic E-state index is 1.10. The van der Waals surface area contributed by atoms with E-state index in [4.69, 9.17) is 0 Å². The standard InChI is InChI=1S/C9H18.C5H10.C3H8/c1-2-6-9-7-4-3-5-8-9;1-3-5-4-2;1-3-2/h9H,2-8H2,1H3;3,5H,4H2,1-2H3;3H2,1-2H3/b;5-3-;. The third kappa shape index (κ3) is 18.3. The van der Waals surface area contributed by atoms with Crippen LogP contribution in [-0.4, -0.2) is 0 Å². The number of hydrogen-bond donors (Lipinski definition) is 0. The molecular weight excluding hydrogens is 204 g/mol. The van der Waals surface area contributed by atoms with Gasteiger partial charge in [-0.25, -0.2) is 0 Å². The maximum absolute atomic E-state index is 2.30. The molecule has 0 aromatic carbocycles. The SMILES string of the molecule is C/C=C\CC.CCC.CCCC1CCCCC1. The lowest BCUT2D eigenvalue weighted by molar-refractivity contribution is 0.336. The zero-order valence-corrected chi connectivity index (χ0v) is 13.1. The second-order valence-corrected chi connectivity index (χ2v) is 4.98. The molecule has 1 saturated carbocycles. The molecule has 0 unspecified atom stereocenters. The van der Waals surface area contributed by atoms with Crippen LogP contribution in [0.1, 0.15) is 92.4 Å². The van der Waals surface area contributed by atoms with Gasteiger partial charge in [0.2, 0.25) is 0 Å². The van der Waals surface area contributed by atoms with E-state index in [-0.39, 0.29) is 0 Å². The average molecular weight is 240 g/mol. The smallest absolute Gasteiger partial charge is 0.0379 e. The lowest BCUT2D eigenvalue weighted by Crippen LogP contribution is -2.04. The van der Waals surface area contributed by atoms with E-state index in [1.807, 2.05) is 6.92 Å². The fourth-order valence-corrected chi connectivity index (χ4v) is 2.12. The first-order valence-electron chi connectivity index (χ1n) is 7.87. The van der Waals surface area contributed by atoms with Crippen molar-refractivity contribution in [2.75, 3.05) is 0 Å². The van der Waals surface area contributed by atoms with E-state index >= 15 is 0 Å². The highest BCUT2D eigenvalue weighted by molar-refractivity contribution is 4.73. The van der Waals surface area contributed by atoms with Crippen molar-refractivity contribution in [3.63, 3.8) is 0 Å². The summed E-state index contributed by atoms with van der Waals surface area (Å²) in [5, 5.41) is 0. The van der Waals surface area contributed by atoms with Crippen LogP contribution in [-0.2, 0) is 0 Å². The van der Waals surface area contributed by atoms with Gasteiger partial charge in [0.05, 0.1) is 0 Å². The molecular formula is C17H36. The molecule has 0 radical (unpaired) electrons. The molecule has 0 bridgehead atoms. The Bertz CT molecular complexity index is 126. The molecule has 0 heterocycles. The molecule has 0 aromatic heterocycles. The summed E-state index contributed by atoms with van der Waals surface area (Å²) in [5.41, 5.74) is 0. The highest BCUT2D eigenvalue weighted by Crippen LogP contribution is 2.26. The summed E-state index contributed by atoms with van der Waals surface area (Å²) in [6, 6.07) is 0. The fraction of sp³-hybridized carbons (Fsp3) is 0.882. The molecule has 1 rings (SSSR count). The monoisotopic (exact) mass is 240 g/mol. The van der Waals surface area contributed by atoms with E-state index < -0.39 is 0 Å². The van der Waals surface area contributed by atoms with Gasteiger partial charge in [-0.15, -0.1) is 0 Å². The Morgan fingerprint density at radius 3 is 1.76 bits per heavy atom. The molecule has 17 heavy (non-hydrogen) atoms. The third-order valence-corrected chi connectivity index (χ3v) is 2.89. The molecule has 1 aliphatic carbocycles. The molecule has 0 nitrogen and oxygen atoms in total. The molecule has 0 atom stereocenters. The second-order valence-electron chi connectivity index (χ2n) is 4.98. The molecule has 1 aliphatic rings. The highest BCUT2D eigenvalue weighted by atomic mass is 14.2. The second kappa shape index (κ2) is 18.1.